The molecule has 0 radical (unpaired) electrons. The van der Waals surface area contributed by atoms with E-state index in [2.05, 4.69) is 0 Å². The van der Waals surface area contributed by atoms with E-state index in [0.29, 0.717) is 16.5 Å². The standard InChI is InChI=1S/C12H8N2O4.Na/c15-10-9(11(16)14-12(17)13-10)7-5-18-8-4-2-1-3-6(7)8;/h1-5H,(H3,13,14,15,16,17);/q;+1/p-1. The first kappa shape index (κ1) is 13.7. The fraction of sp³-hybridized carbons (Fsp3) is 0. The molecule has 0 aliphatic heterocycles. The van der Waals surface area contributed by atoms with Crippen molar-refractivity contribution in [3.05, 3.63) is 51.4 Å². The van der Waals surface area contributed by atoms with Crippen LogP contribution in [0, 0.1) is 0 Å². The zero-order chi connectivity index (χ0) is 12.7. The van der Waals surface area contributed by atoms with Gasteiger partial charge in [-0.25, -0.2) is 4.79 Å². The zero-order valence-corrected chi connectivity index (χ0v) is 12.0. The maximum absolute atomic E-state index is 11.7. The first-order valence-corrected chi connectivity index (χ1v) is 5.17. The van der Waals surface area contributed by atoms with Crippen molar-refractivity contribution >= 4 is 11.0 Å². The normalized spacial score (nSPS) is 10.3. The molecule has 0 atom stereocenters. The van der Waals surface area contributed by atoms with Gasteiger partial charge >= 0.3 is 35.2 Å². The summed E-state index contributed by atoms with van der Waals surface area (Å²) in [5.41, 5.74) is -0.734. The van der Waals surface area contributed by atoms with Gasteiger partial charge in [-0.05, 0) is 11.9 Å². The molecule has 0 bridgehead atoms. The van der Waals surface area contributed by atoms with Gasteiger partial charge in [-0.2, -0.15) is 0 Å². The van der Waals surface area contributed by atoms with Crippen molar-refractivity contribution in [2.24, 2.45) is 0 Å². The predicted octanol–water partition coefficient (Wildman–Crippen LogP) is -2.45. The molecule has 2 heterocycles. The third-order valence-corrected chi connectivity index (χ3v) is 2.66. The van der Waals surface area contributed by atoms with E-state index in [1.807, 2.05) is 9.97 Å². The molecule has 0 fully saturated rings. The maximum Gasteiger partial charge on any atom is 1.00 e. The quantitative estimate of drug-likeness (QED) is 0.477. The number of para-hydroxylation sites is 1. The van der Waals surface area contributed by atoms with Gasteiger partial charge in [0.05, 0.1) is 11.8 Å². The number of rotatable bonds is 1. The van der Waals surface area contributed by atoms with Crippen molar-refractivity contribution < 1.29 is 39.1 Å². The van der Waals surface area contributed by atoms with E-state index in [4.69, 9.17) is 4.42 Å². The molecular weight excluding hydrogens is 259 g/mol. The Balaban J connectivity index is 0.00000133. The monoisotopic (exact) mass is 266 g/mol. The molecule has 2 aromatic heterocycles. The smallest absolute Gasteiger partial charge is 0.860 e. The number of H-pyrrole nitrogens is 2. The van der Waals surface area contributed by atoms with E-state index in [1.165, 1.54) is 6.26 Å². The minimum Gasteiger partial charge on any atom is -0.860 e. The number of furan rings is 1. The van der Waals surface area contributed by atoms with E-state index in [-0.39, 0.29) is 35.1 Å². The summed E-state index contributed by atoms with van der Waals surface area (Å²) in [5.74, 6) is -0.727. The van der Waals surface area contributed by atoms with Gasteiger partial charge in [0, 0.05) is 10.9 Å². The van der Waals surface area contributed by atoms with Gasteiger partial charge in [-0.15, -0.1) is 0 Å². The molecule has 6 nitrogen and oxygen atoms in total. The van der Waals surface area contributed by atoms with E-state index >= 15 is 0 Å². The summed E-state index contributed by atoms with van der Waals surface area (Å²) >= 11 is 0. The Morgan fingerprint density at radius 3 is 2.58 bits per heavy atom. The minimum atomic E-state index is -0.818. The molecule has 2 N–H and O–H groups in total. The second kappa shape index (κ2) is 5.08. The molecule has 0 aliphatic rings. The van der Waals surface area contributed by atoms with E-state index in [0.717, 1.165) is 0 Å². The number of fused-ring (bicyclic) bond motifs is 1. The summed E-state index contributed by atoms with van der Waals surface area (Å²) < 4.78 is 5.26. The molecule has 3 aromatic rings. The molecule has 90 valence electrons. The van der Waals surface area contributed by atoms with Crippen molar-refractivity contribution in [2.75, 3.05) is 0 Å². The van der Waals surface area contributed by atoms with Crippen molar-refractivity contribution in [3.63, 3.8) is 0 Å². The Hall–Kier alpha value is -1.76. The fourth-order valence-corrected chi connectivity index (χ4v) is 1.88. The Morgan fingerprint density at radius 2 is 1.84 bits per heavy atom. The SMILES string of the molecule is O=c1[nH]c([O-])c(-c2coc3ccccc23)c(=O)[nH]1.[Na+]. The molecule has 3 rings (SSSR count). The molecule has 19 heavy (non-hydrogen) atoms. The molecule has 0 saturated carbocycles. The average Bonchev–Trinajstić information content (AvgIpc) is 2.72. The molecule has 0 unspecified atom stereocenters. The Labute approximate surface area is 128 Å². The molecule has 7 heteroatoms. The van der Waals surface area contributed by atoms with Crippen molar-refractivity contribution in [3.8, 4) is 17.0 Å². The third kappa shape index (κ3) is 2.25. The van der Waals surface area contributed by atoms with Crippen LogP contribution >= 0.6 is 0 Å². The largest absolute Gasteiger partial charge is 1.00 e. The van der Waals surface area contributed by atoms with Crippen LogP contribution in [0.4, 0.5) is 0 Å². The maximum atomic E-state index is 11.7. The summed E-state index contributed by atoms with van der Waals surface area (Å²) in [6.45, 7) is 0. The van der Waals surface area contributed by atoms with Crippen LogP contribution in [0.1, 0.15) is 0 Å². The summed E-state index contributed by atoms with van der Waals surface area (Å²) in [6.07, 6.45) is 1.33. The van der Waals surface area contributed by atoms with E-state index in [1.54, 1.807) is 24.3 Å². The Kier molecular flexibility index (Phi) is 3.66. The number of hydrogen-bond donors (Lipinski definition) is 2. The number of aromatic amines is 2. The number of nitrogens with one attached hydrogen (secondary N) is 2. The van der Waals surface area contributed by atoms with Crippen molar-refractivity contribution in [1.29, 1.82) is 0 Å². The molecule has 1 aromatic carbocycles. The predicted molar refractivity (Wildman–Crippen MR) is 62.3 cm³/mol. The number of benzene rings is 1. The van der Waals surface area contributed by atoms with Gasteiger partial charge in [0.15, 0.2) is 0 Å². The van der Waals surface area contributed by atoms with Crippen LogP contribution < -0.4 is 45.9 Å². The Morgan fingerprint density at radius 1 is 1.11 bits per heavy atom. The second-order valence-electron chi connectivity index (χ2n) is 3.76. The first-order chi connectivity index (χ1) is 8.66. The van der Waals surface area contributed by atoms with Gasteiger partial charge < -0.3 is 14.5 Å². The van der Waals surface area contributed by atoms with E-state index in [9.17, 15) is 14.7 Å². The van der Waals surface area contributed by atoms with Crippen LogP contribution in [0.25, 0.3) is 22.1 Å². The van der Waals surface area contributed by atoms with Crippen LogP contribution in [0.15, 0.2) is 44.5 Å². The average molecular weight is 266 g/mol. The number of hydrogen-bond acceptors (Lipinski definition) is 4. The van der Waals surface area contributed by atoms with Gasteiger partial charge in [0.2, 0.25) is 0 Å². The number of aromatic nitrogens is 2. The van der Waals surface area contributed by atoms with Crippen molar-refractivity contribution in [1.82, 2.24) is 9.97 Å². The van der Waals surface area contributed by atoms with Gasteiger partial charge in [-0.3, -0.25) is 9.78 Å². The van der Waals surface area contributed by atoms with E-state index < -0.39 is 17.1 Å². The summed E-state index contributed by atoms with van der Waals surface area (Å²) in [4.78, 5) is 26.7. The zero-order valence-electron chi connectivity index (χ0n) is 10.0. The third-order valence-electron chi connectivity index (χ3n) is 2.66. The molecule has 0 amide bonds. The molecule has 0 saturated heterocycles. The minimum absolute atomic E-state index is 0. The van der Waals surface area contributed by atoms with Crippen LogP contribution in [0.5, 0.6) is 5.88 Å². The summed E-state index contributed by atoms with van der Waals surface area (Å²) in [6, 6.07) is 7.01. The van der Waals surface area contributed by atoms with Gasteiger partial charge in [-0.1, -0.05) is 18.2 Å². The first-order valence-electron chi connectivity index (χ1n) is 5.17. The molecule has 0 spiro atoms. The topological polar surface area (TPSA) is 102 Å². The molecular formula is C12H7N2NaO4. The fourth-order valence-electron chi connectivity index (χ4n) is 1.88. The molecule has 0 aliphatic carbocycles. The van der Waals surface area contributed by atoms with Crippen molar-refractivity contribution in [2.45, 2.75) is 0 Å². The van der Waals surface area contributed by atoms with Crippen LogP contribution in [-0.4, -0.2) is 9.97 Å². The van der Waals surface area contributed by atoms with Gasteiger partial charge in [0.1, 0.15) is 5.58 Å². The van der Waals surface area contributed by atoms with Gasteiger partial charge in [0.25, 0.3) is 5.56 Å². The summed E-state index contributed by atoms with van der Waals surface area (Å²) in [5, 5.41) is 12.3. The van der Waals surface area contributed by atoms with Crippen LogP contribution in [-0.2, 0) is 0 Å². The summed E-state index contributed by atoms with van der Waals surface area (Å²) in [7, 11) is 0. The van der Waals surface area contributed by atoms with Crippen LogP contribution in [0.3, 0.4) is 0 Å². The van der Waals surface area contributed by atoms with Crippen LogP contribution in [0.2, 0.25) is 0 Å². The Bertz CT molecular complexity index is 847. The second-order valence-corrected chi connectivity index (χ2v) is 3.76.